The van der Waals surface area contributed by atoms with E-state index < -0.39 is 0 Å². The summed E-state index contributed by atoms with van der Waals surface area (Å²) < 4.78 is 0. The van der Waals surface area contributed by atoms with Crippen molar-refractivity contribution in [3.8, 4) is 0 Å². The fourth-order valence-electron chi connectivity index (χ4n) is 8.06. The second-order valence-electron chi connectivity index (χ2n) is 7.57. The maximum atomic E-state index is 6.81. The molecule has 0 aliphatic heterocycles. The van der Waals surface area contributed by atoms with Crippen molar-refractivity contribution < 1.29 is 0 Å². The lowest BCUT2D eigenvalue weighted by Crippen LogP contribution is -2.46. The normalized spacial score (nSPS) is 64.7. The summed E-state index contributed by atoms with van der Waals surface area (Å²) in [6.45, 7) is 0. The van der Waals surface area contributed by atoms with Gasteiger partial charge in [0, 0.05) is 11.5 Å². The van der Waals surface area contributed by atoms with Crippen molar-refractivity contribution in [1.82, 2.24) is 0 Å². The molecular formula is C17H19N. The summed E-state index contributed by atoms with van der Waals surface area (Å²) in [5, 5.41) is 0. The van der Waals surface area contributed by atoms with Crippen LogP contribution in [0, 0.1) is 41.4 Å². The summed E-state index contributed by atoms with van der Waals surface area (Å²) in [6.07, 6.45) is 3.04. The molecule has 1 unspecified atom stereocenters. The quantitative estimate of drug-likeness (QED) is 0.797. The van der Waals surface area contributed by atoms with Crippen molar-refractivity contribution in [3.05, 3.63) is 35.9 Å². The van der Waals surface area contributed by atoms with Gasteiger partial charge in [0.2, 0.25) is 0 Å². The van der Waals surface area contributed by atoms with Crippen LogP contribution in [0.2, 0.25) is 0 Å². The molecule has 6 saturated carbocycles. The van der Waals surface area contributed by atoms with Gasteiger partial charge in [0.15, 0.2) is 0 Å². The van der Waals surface area contributed by atoms with Gasteiger partial charge in [-0.3, -0.25) is 0 Å². The largest absolute Gasteiger partial charge is 0.327 e. The van der Waals surface area contributed by atoms with Crippen molar-refractivity contribution in [2.24, 2.45) is 47.2 Å². The van der Waals surface area contributed by atoms with Gasteiger partial charge in [0.25, 0.3) is 0 Å². The predicted molar refractivity (Wildman–Crippen MR) is 69.8 cm³/mol. The molecule has 0 spiro atoms. The Morgan fingerprint density at radius 2 is 1.78 bits per heavy atom. The molecule has 92 valence electrons. The molecule has 6 aliphatic carbocycles. The van der Waals surface area contributed by atoms with Gasteiger partial charge in [0.05, 0.1) is 0 Å². The summed E-state index contributed by atoms with van der Waals surface area (Å²) >= 11 is 0. The third-order valence-corrected chi connectivity index (χ3v) is 7.85. The minimum atomic E-state index is 0.402. The SMILES string of the molecule is N[C@@H]1[C@H]2[C@@H]3[C@@H]4C[C@H]2C2[C@@H]4C[C@@H]3[C@]21c1ccccc1. The molecule has 1 aromatic rings. The summed E-state index contributed by atoms with van der Waals surface area (Å²) in [7, 11) is 0. The van der Waals surface area contributed by atoms with E-state index in [-0.39, 0.29) is 0 Å². The Balaban J connectivity index is 1.68. The van der Waals surface area contributed by atoms with Crippen LogP contribution in [0.1, 0.15) is 18.4 Å². The summed E-state index contributed by atoms with van der Waals surface area (Å²) in [5.41, 5.74) is 8.80. The maximum Gasteiger partial charge on any atom is 0.0176 e. The molecule has 6 fully saturated rings. The molecule has 0 saturated heterocycles. The molecule has 1 nitrogen and oxygen atoms in total. The second kappa shape index (κ2) is 2.43. The Bertz CT molecular complexity index is 552. The molecule has 0 amide bonds. The molecule has 0 aromatic heterocycles. The Hall–Kier alpha value is -0.820. The van der Waals surface area contributed by atoms with Crippen LogP contribution >= 0.6 is 0 Å². The highest BCUT2D eigenvalue weighted by Gasteiger charge is 2.85. The van der Waals surface area contributed by atoms with E-state index in [4.69, 9.17) is 5.73 Å². The molecule has 6 aliphatic rings. The minimum absolute atomic E-state index is 0.402. The molecule has 7 rings (SSSR count). The van der Waals surface area contributed by atoms with E-state index in [1.807, 2.05) is 0 Å². The van der Waals surface area contributed by atoms with Crippen LogP contribution in [0.15, 0.2) is 30.3 Å². The summed E-state index contributed by atoms with van der Waals surface area (Å²) in [4.78, 5) is 0. The van der Waals surface area contributed by atoms with Crippen LogP contribution in [0.3, 0.4) is 0 Å². The first-order valence-corrected chi connectivity index (χ1v) is 7.66. The smallest absolute Gasteiger partial charge is 0.0176 e. The van der Waals surface area contributed by atoms with Gasteiger partial charge in [0.1, 0.15) is 0 Å². The molecule has 0 radical (unpaired) electrons. The Kier molecular flexibility index (Phi) is 1.23. The summed E-state index contributed by atoms with van der Waals surface area (Å²) in [5.74, 6) is 6.94. The van der Waals surface area contributed by atoms with E-state index in [0.717, 1.165) is 41.4 Å². The van der Waals surface area contributed by atoms with Gasteiger partial charge in [-0.1, -0.05) is 30.3 Å². The predicted octanol–water partition coefficient (Wildman–Crippen LogP) is 2.41. The van der Waals surface area contributed by atoms with Crippen LogP contribution in [0.5, 0.6) is 0 Å². The van der Waals surface area contributed by atoms with Gasteiger partial charge in [-0.15, -0.1) is 0 Å². The molecule has 9 atom stereocenters. The third-order valence-electron chi connectivity index (χ3n) is 7.85. The number of hydrogen-bond acceptors (Lipinski definition) is 1. The lowest BCUT2D eigenvalue weighted by molar-refractivity contribution is 0.107. The Labute approximate surface area is 108 Å². The molecule has 2 N–H and O–H groups in total. The topological polar surface area (TPSA) is 26.0 Å². The van der Waals surface area contributed by atoms with Gasteiger partial charge in [-0.05, 0) is 59.8 Å². The van der Waals surface area contributed by atoms with Crippen LogP contribution in [-0.2, 0) is 5.41 Å². The van der Waals surface area contributed by atoms with Crippen molar-refractivity contribution in [2.75, 3.05) is 0 Å². The van der Waals surface area contributed by atoms with E-state index >= 15 is 0 Å². The van der Waals surface area contributed by atoms with E-state index in [1.165, 1.54) is 12.8 Å². The zero-order chi connectivity index (χ0) is 11.6. The minimum Gasteiger partial charge on any atom is -0.327 e. The average molecular weight is 237 g/mol. The van der Waals surface area contributed by atoms with Crippen molar-refractivity contribution in [1.29, 1.82) is 0 Å². The standard InChI is InChI=1S/C17H19N/c18-16-14-11-6-9-10-7-12(13(9)14)17(16,15(10)11)8-4-2-1-3-5-8/h1-5,9-16H,6-7,18H2/t9-,10-,11-,12+,13-,14-,15?,16-,17-/m1/s1. The fraction of sp³-hybridized carbons (Fsp3) is 0.647. The molecule has 0 heterocycles. The average Bonchev–Trinajstić information content (AvgIpc) is 3.11. The van der Waals surface area contributed by atoms with Crippen LogP contribution in [-0.4, -0.2) is 6.04 Å². The van der Waals surface area contributed by atoms with E-state index in [0.29, 0.717) is 11.5 Å². The summed E-state index contributed by atoms with van der Waals surface area (Å²) in [6, 6.07) is 11.8. The molecular weight excluding hydrogens is 218 g/mol. The van der Waals surface area contributed by atoms with Crippen LogP contribution in [0.4, 0.5) is 0 Å². The van der Waals surface area contributed by atoms with Gasteiger partial charge in [-0.2, -0.15) is 0 Å². The van der Waals surface area contributed by atoms with Gasteiger partial charge < -0.3 is 5.73 Å². The van der Waals surface area contributed by atoms with Crippen molar-refractivity contribution in [3.63, 3.8) is 0 Å². The first-order chi connectivity index (χ1) is 8.85. The van der Waals surface area contributed by atoms with Crippen molar-refractivity contribution in [2.45, 2.75) is 24.3 Å². The van der Waals surface area contributed by atoms with E-state index in [9.17, 15) is 0 Å². The van der Waals surface area contributed by atoms with Gasteiger partial charge in [-0.25, -0.2) is 0 Å². The zero-order valence-corrected chi connectivity index (χ0v) is 10.5. The van der Waals surface area contributed by atoms with E-state index in [2.05, 4.69) is 30.3 Å². The monoisotopic (exact) mass is 237 g/mol. The van der Waals surface area contributed by atoms with Crippen LogP contribution < -0.4 is 5.73 Å². The third kappa shape index (κ3) is 0.602. The second-order valence-corrected chi connectivity index (χ2v) is 7.57. The van der Waals surface area contributed by atoms with Crippen LogP contribution in [0.25, 0.3) is 0 Å². The Morgan fingerprint density at radius 1 is 0.944 bits per heavy atom. The first kappa shape index (κ1) is 9.14. The van der Waals surface area contributed by atoms with Gasteiger partial charge >= 0.3 is 0 Å². The highest BCUT2D eigenvalue weighted by molar-refractivity contribution is 5.46. The number of benzene rings is 1. The molecule has 1 heteroatoms. The highest BCUT2D eigenvalue weighted by atomic mass is 15.0. The maximum absolute atomic E-state index is 6.81. The fourth-order valence-corrected chi connectivity index (χ4v) is 8.06. The number of rotatable bonds is 1. The molecule has 18 heavy (non-hydrogen) atoms. The van der Waals surface area contributed by atoms with Crippen molar-refractivity contribution >= 4 is 0 Å². The zero-order valence-electron chi connectivity index (χ0n) is 10.5. The number of nitrogens with two attached hydrogens (primary N) is 1. The molecule has 6 bridgehead atoms. The number of hydrogen-bond donors (Lipinski definition) is 1. The molecule has 1 aromatic carbocycles. The lowest BCUT2D eigenvalue weighted by atomic mass is 9.60. The lowest BCUT2D eigenvalue weighted by Gasteiger charge is -2.43. The first-order valence-electron chi connectivity index (χ1n) is 7.66. The Morgan fingerprint density at radius 3 is 2.61 bits per heavy atom. The highest BCUT2D eigenvalue weighted by Crippen LogP contribution is 2.86. The van der Waals surface area contributed by atoms with E-state index in [1.54, 1.807) is 5.56 Å².